The summed E-state index contributed by atoms with van der Waals surface area (Å²) in [6.45, 7) is 2.34. The zero-order chi connectivity index (χ0) is 11.5. The summed E-state index contributed by atoms with van der Waals surface area (Å²) in [5, 5.41) is 10.3. The van der Waals surface area contributed by atoms with Crippen LogP contribution in [-0.2, 0) is 0 Å². The standard InChI is InChI=1S/C14H27NO/c1-11(12-9-10-12)15(2)13-7-5-3-4-6-8-14(13)16/h11-14,16H,3-10H2,1-2H3. The molecule has 0 aromatic carbocycles. The summed E-state index contributed by atoms with van der Waals surface area (Å²) >= 11 is 0. The first kappa shape index (κ1) is 12.4. The molecule has 16 heavy (non-hydrogen) atoms. The van der Waals surface area contributed by atoms with Crippen LogP contribution in [0, 0.1) is 5.92 Å². The third-order valence-corrected chi connectivity index (χ3v) is 4.66. The summed E-state index contributed by atoms with van der Waals surface area (Å²) < 4.78 is 0. The first-order valence-electron chi connectivity index (χ1n) is 7.10. The Hall–Kier alpha value is -0.0800. The van der Waals surface area contributed by atoms with Crippen molar-refractivity contribution in [2.75, 3.05) is 7.05 Å². The van der Waals surface area contributed by atoms with Crippen molar-refractivity contribution in [2.24, 2.45) is 5.92 Å². The number of hydrogen-bond donors (Lipinski definition) is 1. The lowest BCUT2D eigenvalue weighted by atomic mass is 9.92. The normalized spacial score (nSPS) is 34.5. The molecule has 2 rings (SSSR count). The molecule has 2 nitrogen and oxygen atoms in total. The molecule has 0 bridgehead atoms. The molecule has 0 heterocycles. The Morgan fingerprint density at radius 3 is 2.25 bits per heavy atom. The first-order valence-corrected chi connectivity index (χ1v) is 7.10. The number of rotatable bonds is 3. The summed E-state index contributed by atoms with van der Waals surface area (Å²) in [4.78, 5) is 2.47. The molecule has 2 saturated carbocycles. The van der Waals surface area contributed by atoms with Gasteiger partial charge in [0.1, 0.15) is 0 Å². The average molecular weight is 225 g/mol. The Kier molecular flexibility index (Phi) is 4.26. The van der Waals surface area contributed by atoms with Gasteiger partial charge >= 0.3 is 0 Å². The van der Waals surface area contributed by atoms with E-state index in [0.717, 1.165) is 12.3 Å². The summed E-state index contributed by atoms with van der Waals surface area (Å²) in [5.74, 6) is 0.905. The topological polar surface area (TPSA) is 23.5 Å². The van der Waals surface area contributed by atoms with Crippen molar-refractivity contribution in [3.63, 3.8) is 0 Å². The van der Waals surface area contributed by atoms with Crippen LogP contribution in [0.15, 0.2) is 0 Å². The van der Waals surface area contributed by atoms with Gasteiger partial charge in [-0.1, -0.05) is 25.7 Å². The predicted octanol–water partition coefficient (Wildman–Crippen LogP) is 2.80. The minimum atomic E-state index is -0.0912. The van der Waals surface area contributed by atoms with Crippen LogP contribution < -0.4 is 0 Å². The number of nitrogens with zero attached hydrogens (tertiary/aromatic N) is 1. The van der Waals surface area contributed by atoms with Crippen molar-refractivity contribution in [2.45, 2.75) is 76.5 Å². The second-order valence-electron chi connectivity index (χ2n) is 5.87. The lowest BCUT2D eigenvalue weighted by Crippen LogP contribution is -2.46. The fourth-order valence-electron chi connectivity index (χ4n) is 3.13. The molecular weight excluding hydrogens is 198 g/mol. The van der Waals surface area contributed by atoms with E-state index in [9.17, 15) is 5.11 Å². The highest BCUT2D eigenvalue weighted by Crippen LogP contribution is 2.36. The van der Waals surface area contributed by atoms with Crippen LogP contribution >= 0.6 is 0 Å². The molecule has 0 saturated heterocycles. The number of hydrogen-bond acceptors (Lipinski definition) is 2. The zero-order valence-corrected chi connectivity index (χ0v) is 10.9. The quantitative estimate of drug-likeness (QED) is 0.798. The maximum Gasteiger partial charge on any atom is 0.0695 e. The smallest absolute Gasteiger partial charge is 0.0695 e. The van der Waals surface area contributed by atoms with Crippen molar-refractivity contribution in [1.29, 1.82) is 0 Å². The van der Waals surface area contributed by atoms with Gasteiger partial charge in [0.15, 0.2) is 0 Å². The van der Waals surface area contributed by atoms with E-state index in [0.29, 0.717) is 12.1 Å². The van der Waals surface area contributed by atoms with E-state index < -0.39 is 0 Å². The van der Waals surface area contributed by atoms with Gasteiger partial charge in [-0.25, -0.2) is 0 Å². The molecule has 2 aliphatic rings. The Balaban J connectivity index is 1.92. The zero-order valence-electron chi connectivity index (χ0n) is 10.9. The number of aliphatic hydroxyl groups is 1. The molecule has 1 N–H and O–H groups in total. The number of likely N-dealkylation sites (N-methyl/N-ethyl adjacent to an activating group) is 1. The molecule has 0 spiro atoms. The second kappa shape index (κ2) is 5.50. The number of aliphatic hydroxyl groups excluding tert-OH is 1. The van der Waals surface area contributed by atoms with E-state index in [4.69, 9.17) is 0 Å². The van der Waals surface area contributed by atoms with Gasteiger partial charge in [0.25, 0.3) is 0 Å². The van der Waals surface area contributed by atoms with Crippen LogP contribution in [0.1, 0.15) is 58.3 Å². The van der Waals surface area contributed by atoms with Gasteiger partial charge in [-0.05, 0) is 45.6 Å². The lowest BCUT2D eigenvalue weighted by Gasteiger charge is -2.37. The fourth-order valence-corrected chi connectivity index (χ4v) is 3.13. The minimum absolute atomic E-state index is 0.0912. The largest absolute Gasteiger partial charge is 0.391 e. The third-order valence-electron chi connectivity index (χ3n) is 4.66. The van der Waals surface area contributed by atoms with Gasteiger partial charge in [0, 0.05) is 12.1 Å². The van der Waals surface area contributed by atoms with E-state index in [1.54, 1.807) is 0 Å². The molecule has 0 aliphatic heterocycles. The van der Waals surface area contributed by atoms with Crippen molar-refractivity contribution in [3.8, 4) is 0 Å². The van der Waals surface area contributed by atoms with Gasteiger partial charge in [-0.3, -0.25) is 4.90 Å². The highest BCUT2D eigenvalue weighted by molar-refractivity contribution is 4.89. The van der Waals surface area contributed by atoms with Crippen LogP contribution in [0.4, 0.5) is 0 Å². The summed E-state index contributed by atoms with van der Waals surface area (Å²) in [5.41, 5.74) is 0. The first-order chi connectivity index (χ1) is 7.70. The van der Waals surface area contributed by atoms with Crippen LogP contribution in [0.5, 0.6) is 0 Å². The van der Waals surface area contributed by atoms with Crippen molar-refractivity contribution >= 4 is 0 Å². The SMILES string of the molecule is CC(C1CC1)N(C)C1CCCCCCC1O. The van der Waals surface area contributed by atoms with Crippen molar-refractivity contribution < 1.29 is 5.11 Å². The van der Waals surface area contributed by atoms with E-state index in [-0.39, 0.29) is 6.10 Å². The molecular formula is C14H27NO. The molecule has 0 aromatic heterocycles. The summed E-state index contributed by atoms with van der Waals surface area (Å²) in [6, 6.07) is 1.08. The van der Waals surface area contributed by atoms with Crippen molar-refractivity contribution in [1.82, 2.24) is 4.90 Å². The minimum Gasteiger partial charge on any atom is -0.391 e. The van der Waals surface area contributed by atoms with E-state index in [2.05, 4.69) is 18.9 Å². The molecule has 0 aromatic rings. The fraction of sp³-hybridized carbons (Fsp3) is 1.00. The van der Waals surface area contributed by atoms with Gasteiger partial charge < -0.3 is 5.11 Å². The molecule has 0 radical (unpaired) electrons. The molecule has 0 amide bonds. The molecule has 2 heteroatoms. The monoisotopic (exact) mass is 225 g/mol. The third kappa shape index (κ3) is 2.98. The average Bonchev–Trinajstić information content (AvgIpc) is 3.06. The van der Waals surface area contributed by atoms with Gasteiger partial charge in [0.05, 0.1) is 6.10 Å². The Bertz CT molecular complexity index is 215. The van der Waals surface area contributed by atoms with Crippen molar-refractivity contribution in [3.05, 3.63) is 0 Å². The van der Waals surface area contributed by atoms with Crippen LogP contribution in [0.3, 0.4) is 0 Å². The highest BCUT2D eigenvalue weighted by Gasteiger charge is 2.35. The Morgan fingerprint density at radius 1 is 1.00 bits per heavy atom. The highest BCUT2D eigenvalue weighted by atomic mass is 16.3. The van der Waals surface area contributed by atoms with Gasteiger partial charge in [-0.2, -0.15) is 0 Å². The molecule has 3 atom stereocenters. The van der Waals surface area contributed by atoms with Crippen LogP contribution in [0.25, 0.3) is 0 Å². The predicted molar refractivity (Wildman–Crippen MR) is 67.4 cm³/mol. The van der Waals surface area contributed by atoms with Gasteiger partial charge in [-0.15, -0.1) is 0 Å². The molecule has 3 unspecified atom stereocenters. The van der Waals surface area contributed by atoms with Crippen LogP contribution in [-0.4, -0.2) is 35.2 Å². The Morgan fingerprint density at radius 2 is 1.62 bits per heavy atom. The molecule has 94 valence electrons. The van der Waals surface area contributed by atoms with E-state index in [1.165, 1.54) is 44.9 Å². The Labute approximate surface area is 100 Å². The molecule has 2 fully saturated rings. The maximum absolute atomic E-state index is 10.3. The summed E-state index contributed by atoms with van der Waals surface area (Å²) in [7, 11) is 2.22. The van der Waals surface area contributed by atoms with Crippen LogP contribution in [0.2, 0.25) is 0 Å². The maximum atomic E-state index is 10.3. The second-order valence-corrected chi connectivity index (χ2v) is 5.87. The molecule has 2 aliphatic carbocycles. The van der Waals surface area contributed by atoms with Gasteiger partial charge in [0.2, 0.25) is 0 Å². The van der Waals surface area contributed by atoms with E-state index in [1.807, 2.05) is 0 Å². The van der Waals surface area contributed by atoms with E-state index >= 15 is 0 Å². The lowest BCUT2D eigenvalue weighted by molar-refractivity contribution is 0.0227. The summed E-state index contributed by atoms with van der Waals surface area (Å²) in [6.07, 6.45) is 10.1.